The first-order valence-corrected chi connectivity index (χ1v) is 13.3. The van der Waals surface area contributed by atoms with Gasteiger partial charge in [-0.15, -0.1) is 0 Å². The van der Waals surface area contributed by atoms with Gasteiger partial charge in [0.25, 0.3) is 0 Å². The Morgan fingerprint density at radius 3 is 2.28 bits per heavy atom. The first-order chi connectivity index (χ1) is 18.3. The number of amides is 1. The number of carbonyl (C=O) groups excluding carboxylic acids is 2. The molecule has 39 heavy (non-hydrogen) atoms. The summed E-state index contributed by atoms with van der Waals surface area (Å²) in [4.78, 5) is 25.7. The Kier molecular flexibility index (Phi) is 8.38. The lowest BCUT2D eigenvalue weighted by Gasteiger charge is -2.39. The van der Waals surface area contributed by atoms with Gasteiger partial charge >= 0.3 is 5.97 Å². The number of ether oxygens (including phenoxy) is 1. The van der Waals surface area contributed by atoms with Crippen LogP contribution in [0.15, 0.2) is 66.7 Å². The van der Waals surface area contributed by atoms with Crippen LogP contribution in [0.25, 0.3) is 0 Å². The zero-order chi connectivity index (χ0) is 28.5. The summed E-state index contributed by atoms with van der Waals surface area (Å²) >= 11 is 12.4. The molecule has 206 valence electrons. The van der Waals surface area contributed by atoms with Crippen molar-refractivity contribution >= 4 is 40.8 Å². The second-order valence-corrected chi connectivity index (χ2v) is 11.9. The standard InChI is InChI=1S/C30H32Cl2FN3O3/c1-29(2,3)16-23-30(34,18-10-12-19(31)13-11-18)24(21-6-5-7-22(32)25(21)33)26(36-23)27(37)35-20-14-8-17(9-15-20)28(38)39-4/h5-15,23-24,26,36H,16,34H2,1-4H3,(H,35,37)/t23-,24-,26+,30+/m0/s1. The second kappa shape index (κ2) is 11.3. The van der Waals surface area contributed by atoms with Crippen molar-refractivity contribution in [2.75, 3.05) is 12.4 Å². The Balaban J connectivity index is 1.82. The highest BCUT2D eigenvalue weighted by Crippen LogP contribution is 2.49. The molecule has 9 heteroatoms. The van der Waals surface area contributed by atoms with Crippen molar-refractivity contribution in [3.05, 3.63) is 99.3 Å². The van der Waals surface area contributed by atoms with Gasteiger partial charge in [0, 0.05) is 22.7 Å². The number of methoxy groups -OCH3 is 1. The number of hydrogen-bond acceptors (Lipinski definition) is 5. The van der Waals surface area contributed by atoms with Gasteiger partial charge in [-0.05, 0) is 65.4 Å². The summed E-state index contributed by atoms with van der Waals surface area (Å²) in [5.41, 5.74) is 7.74. The molecule has 0 aliphatic carbocycles. The maximum Gasteiger partial charge on any atom is 0.337 e. The molecule has 0 radical (unpaired) electrons. The molecular formula is C30H32Cl2FN3O3. The van der Waals surface area contributed by atoms with E-state index in [1.54, 1.807) is 48.5 Å². The number of anilines is 1. The van der Waals surface area contributed by atoms with E-state index in [2.05, 4.69) is 31.4 Å². The molecule has 0 aromatic heterocycles. The molecule has 0 spiro atoms. The average molecular weight is 573 g/mol. The van der Waals surface area contributed by atoms with E-state index in [0.29, 0.717) is 22.7 Å². The molecule has 3 aromatic rings. The Hall–Kier alpha value is -2.97. The van der Waals surface area contributed by atoms with Crippen molar-refractivity contribution in [1.82, 2.24) is 5.32 Å². The minimum absolute atomic E-state index is 0.0530. The lowest BCUT2D eigenvalue weighted by atomic mass is 9.68. The number of nitrogens with two attached hydrogens (primary N) is 1. The van der Waals surface area contributed by atoms with Crippen LogP contribution in [0.4, 0.5) is 10.1 Å². The van der Waals surface area contributed by atoms with Crippen LogP contribution in [-0.2, 0) is 15.1 Å². The fraction of sp³-hybridized carbons (Fsp3) is 0.333. The highest BCUT2D eigenvalue weighted by atomic mass is 35.5. The molecule has 1 amide bonds. The predicted octanol–water partition coefficient (Wildman–Crippen LogP) is 6.27. The topological polar surface area (TPSA) is 93.4 Å². The Morgan fingerprint density at radius 1 is 1.05 bits per heavy atom. The number of esters is 1. The third-order valence-electron chi connectivity index (χ3n) is 7.14. The molecule has 0 bridgehead atoms. The largest absolute Gasteiger partial charge is 0.465 e. The van der Waals surface area contributed by atoms with Crippen molar-refractivity contribution in [2.45, 2.75) is 50.7 Å². The van der Waals surface area contributed by atoms with Gasteiger partial charge in [0.1, 0.15) is 5.82 Å². The van der Waals surface area contributed by atoms with Crippen LogP contribution in [0.1, 0.15) is 54.6 Å². The van der Waals surface area contributed by atoms with E-state index in [9.17, 15) is 9.59 Å². The molecule has 0 saturated carbocycles. The summed E-state index contributed by atoms with van der Waals surface area (Å²) in [6.45, 7) is 6.26. The molecule has 1 aliphatic rings. The molecule has 1 fully saturated rings. The molecular weight excluding hydrogens is 540 g/mol. The third kappa shape index (κ3) is 5.97. The van der Waals surface area contributed by atoms with Gasteiger partial charge in [-0.1, -0.05) is 68.2 Å². The van der Waals surface area contributed by atoms with E-state index in [-0.39, 0.29) is 16.0 Å². The molecule has 3 aromatic carbocycles. The van der Waals surface area contributed by atoms with Gasteiger partial charge in [0.2, 0.25) is 5.91 Å². The van der Waals surface area contributed by atoms with Crippen LogP contribution in [0.5, 0.6) is 0 Å². The maximum absolute atomic E-state index is 15.6. The van der Waals surface area contributed by atoms with Crippen molar-refractivity contribution in [3.63, 3.8) is 0 Å². The smallest absolute Gasteiger partial charge is 0.337 e. The first-order valence-electron chi connectivity index (χ1n) is 12.6. The van der Waals surface area contributed by atoms with Crippen molar-refractivity contribution in [1.29, 1.82) is 0 Å². The third-order valence-corrected chi connectivity index (χ3v) is 7.68. The normalized spacial score (nSPS) is 22.9. The molecule has 4 rings (SSSR count). The van der Waals surface area contributed by atoms with E-state index >= 15 is 4.39 Å². The van der Waals surface area contributed by atoms with E-state index in [0.717, 1.165) is 5.56 Å². The van der Waals surface area contributed by atoms with Gasteiger partial charge in [0.15, 0.2) is 0 Å². The molecule has 0 unspecified atom stereocenters. The zero-order valence-corrected chi connectivity index (χ0v) is 23.7. The Labute approximate surface area is 238 Å². The van der Waals surface area contributed by atoms with Crippen molar-refractivity contribution in [3.8, 4) is 0 Å². The van der Waals surface area contributed by atoms with Gasteiger partial charge in [-0.3, -0.25) is 4.79 Å². The molecule has 1 heterocycles. The highest BCUT2D eigenvalue weighted by Gasteiger charge is 2.57. The fourth-order valence-electron chi connectivity index (χ4n) is 5.35. The number of benzene rings is 3. The molecule has 4 N–H and O–H groups in total. The SMILES string of the molecule is COC(=O)c1ccc(NC(=O)[C@@H]2N[C@@H](CC(C)(C)C)[C@](N)(c3ccc(Cl)cc3)[C@H]2c2cccc(Cl)c2F)cc1. The quantitative estimate of drug-likeness (QED) is 0.303. The van der Waals surface area contributed by atoms with Gasteiger partial charge < -0.3 is 21.1 Å². The summed E-state index contributed by atoms with van der Waals surface area (Å²) in [6, 6.07) is 16.9. The summed E-state index contributed by atoms with van der Waals surface area (Å²) in [5, 5.41) is 6.83. The number of carbonyl (C=O) groups is 2. The van der Waals surface area contributed by atoms with Crippen LogP contribution in [0.3, 0.4) is 0 Å². The zero-order valence-electron chi connectivity index (χ0n) is 22.2. The summed E-state index contributed by atoms with van der Waals surface area (Å²) in [5.74, 6) is -2.32. The van der Waals surface area contributed by atoms with Crippen LogP contribution in [0, 0.1) is 11.2 Å². The number of hydrogen-bond donors (Lipinski definition) is 3. The van der Waals surface area contributed by atoms with E-state index in [1.807, 2.05) is 12.1 Å². The molecule has 4 atom stereocenters. The minimum Gasteiger partial charge on any atom is -0.465 e. The summed E-state index contributed by atoms with van der Waals surface area (Å²) < 4.78 is 20.4. The maximum atomic E-state index is 15.6. The predicted molar refractivity (Wildman–Crippen MR) is 153 cm³/mol. The van der Waals surface area contributed by atoms with E-state index in [1.165, 1.54) is 13.2 Å². The van der Waals surface area contributed by atoms with E-state index in [4.69, 9.17) is 33.7 Å². The Morgan fingerprint density at radius 2 is 1.69 bits per heavy atom. The molecule has 6 nitrogen and oxygen atoms in total. The number of rotatable bonds is 6. The van der Waals surface area contributed by atoms with Gasteiger partial charge in [-0.25, -0.2) is 9.18 Å². The number of nitrogens with one attached hydrogen (secondary N) is 2. The average Bonchev–Trinajstić information content (AvgIpc) is 3.17. The van der Waals surface area contributed by atoms with Crippen molar-refractivity contribution < 1.29 is 18.7 Å². The van der Waals surface area contributed by atoms with Crippen LogP contribution < -0.4 is 16.4 Å². The summed E-state index contributed by atoms with van der Waals surface area (Å²) in [7, 11) is 1.30. The molecule has 1 aliphatic heterocycles. The van der Waals surface area contributed by atoms with E-state index < -0.39 is 41.2 Å². The highest BCUT2D eigenvalue weighted by molar-refractivity contribution is 6.31. The lowest BCUT2D eigenvalue weighted by molar-refractivity contribution is -0.118. The minimum atomic E-state index is -1.19. The summed E-state index contributed by atoms with van der Waals surface area (Å²) in [6.07, 6.45) is 0.600. The van der Waals surface area contributed by atoms with Crippen LogP contribution in [-0.4, -0.2) is 31.1 Å². The second-order valence-electron chi connectivity index (χ2n) is 11.1. The first kappa shape index (κ1) is 29.0. The Bertz CT molecular complexity index is 1360. The number of halogens is 3. The monoisotopic (exact) mass is 571 g/mol. The van der Waals surface area contributed by atoms with Crippen molar-refractivity contribution in [2.24, 2.45) is 11.1 Å². The van der Waals surface area contributed by atoms with Crippen LogP contribution in [0.2, 0.25) is 10.0 Å². The van der Waals surface area contributed by atoms with Gasteiger partial charge in [0.05, 0.1) is 29.3 Å². The molecule has 1 saturated heterocycles. The van der Waals surface area contributed by atoms with Crippen LogP contribution >= 0.6 is 23.2 Å². The lowest BCUT2D eigenvalue weighted by Crippen LogP contribution is -2.52. The fourth-order valence-corrected chi connectivity index (χ4v) is 5.66. The van der Waals surface area contributed by atoms with Gasteiger partial charge in [-0.2, -0.15) is 0 Å².